The van der Waals surface area contributed by atoms with E-state index < -0.39 is 11.1 Å². The number of benzene rings is 2. The number of nitrogens with zero attached hydrogens (tertiary/aromatic N) is 4. The summed E-state index contributed by atoms with van der Waals surface area (Å²) in [6.07, 6.45) is 2.97. The van der Waals surface area contributed by atoms with E-state index in [1.165, 1.54) is 18.5 Å². The molecule has 32 heavy (non-hydrogen) atoms. The van der Waals surface area contributed by atoms with Gasteiger partial charge in [0.05, 0.1) is 17.5 Å². The van der Waals surface area contributed by atoms with E-state index in [4.69, 9.17) is 4.98 Å². The van der Waals surface area contributed by atoms with E-state index >= 15 is 0 Å². The molecule has 3 heterocycles. The first-order valence-electron chi connectivity index (χ1n) is 9.70. The van der Waals surface area contributed by atoms with E-state index in [2.05, 4.69) is 25.3 Å². The van der Waals surface area contributed by atoms with E-state index in [0.717, 1.165) is 10.9 Å². The fourth-order valence-corrected chi connectivity index (χ4v) is 4.13. The second kappa shape index (κ2) is 8.40. The summed E-state index contributed by atoms with van der Waals surface area (Å²) >= 11 is -2.26. The Bertz CT molecular complexity index is 1470. The molecule has 2 aromatic carbocycles. The van der Waals surface area contributed by atoms with Crippen LogP contribution in [-0.2, 0) is 23.4 Å². The molecule has 160 valence electrons. The van der Waals surface area contributed by atoms with Crippen LogP contribution < -0.4 is 5.32 Å². The second-order valence-electron chi connectivity index (χ2n) is 7.12. The summed E-state index contributed by atoms with van der Waals surface area (Å²) in [5.74, 6) is 0.0454. The Hall–Kier alpha value is -3.76. The molecule has 1 atom stereocenters. The number of aromatic nitrogens is 5. The van der Waals surface area contributed by atoms with Crippen LogP contribution in [0, 0.1) is 5.82 Å². The van der Waals surface area contributed by atoms with Gasteiger partial charge < -0.3 is 14.9 Å². The van der Waals surface area contributed by atoms with Gasteiger partial charge in [-0.2, -0.15) is 0 Å². The highest BCUT2D eigenvalue weighted by Crippen LogP contribution is 2.29. The van der Waals surface area contributed by atoms with Crippen LogP contribution in [0.2, 0.25) is 0 Å². The molecule has 0 amide bonds. The van der Waals surface area contributed by atoms with E-state index in [1.54, 1.807) is 30.6 Å². The first kappa shape index (κ1) is 20.2. The molecule has 1 unspecified atom stereocenters. The summed E-state index contributed by atoms with van der Waals surface area (Å²) in [4.78, 5) is 20.3. The third kappa shape index (κ3) is 3.93. The largest absolute Gasteiger partial charge is 0.772 e. The van der Waals surface area contributed by atoms with Crippen LogP contribution in [0.3, 0.4) is 0 Å². The first-order chi connectivity index (χ1) is 15.6. The lowest BCUT2D eigenvalue weighted by Gasteiger charge is -2.15. The van der Waals surface area contributed by atoms with E-state index in [0.29, 0.717) is 45.9 Å². The Kier molecular flexibility index (Phi) is 5.29. The summed E-state index contributed by atoms with van der Waals surface area (Å²) in [5, 5.41) is 4.06. The van der Waals surface area contributed by atoms with Crippen molar-refractivity contribution in [1.82, 2.24) is 24.9 Å². The molecule has 5 rings (SSSR count). The van der Waals surface area contributed by atoms with Crippen molar-refractivity contribution in [3.8, 4) is 11.3 Å². The molecule has 0 saturated heterocycles. The number of hydrogen-bond donors (Lipinski definition) is 2. The monoisotopic (exact) mass is 447 g/mol. The zero-order valence-corrected chi connectivity index (χ0v) is 17.4. The fraction of sp³-hybridized carbons (Fsp3) is 0.0909. The van der Waals surface area contributed by atoms with Crippen molar-refractivity contribution in [2.75, 3.05) is 5.32 Å². The average Bonchev–Trinajstić information content (AvgIpc) is 3.26. The minimum atomic E-state index is -2.26. The van der Waals surface area contributed by atoms with E-state index in [9.17, 15) is 13.2 Å². The number of aromatic amines is 1. The van der Waals surface area contributed by atoms with Crippen molar-refractivity contribution in [1.29, 1.82) is 0 Å². The maximum Gasteiger partial charge on any atom is 0.182 e. The molecule has 0 fully saturated rings. The topological polar surface area (TPSA) is 120 Å². The van der Waals surface area contributed by atoms with Crippen molar-refractivity contribution < 1.29 is 13.2 Å². The predicted octanol–water partition coefficient (Wildman–Crippen LogP) is 3.70. The van der Waals surface area contributed by atoms with Crippen molar-refractivity contribution in [3.05, 3.63) is 78.1 Å². The minimum absolute atomic E-state index is 0.150. The van der Waals surface area contributed by atoms with Gasteiger partial charge in [0, 0.05) is 23.2 Å². The highest BCUT2D eigenvalue weighted by Gasteiger charge is 2.14. The summed E-state index contributed by atoms with van der Waals surface area (Å²) in [7, 11) is 0. The van der Waals surface area contributed by atoms with Crippen molar-refractivity contribution in [2.24, 2.45) is 0 Å². The first-order valence-corrected chi connectivity index (χ1v) is 10.9. The number of para-hydroxylation sites is 1. The Morgan fingerprint density at radius 2 is 1.94 bits per heavy atom. The summed E-state index contributed by atoms with van der Waals surface area (Å²) in [5.41, 5.74) is 4.32. The quantitative estimate of drug-likeness (QED) is 0.381. The average molecular weight is 447 g/mol. The Morgan fingerprint density at radius 1 is 1.06 bits per heavy atom. The molecule has 0 saturated carbocycles. The van der Waals surface area contributed by atoms with E-state index in [-0.39, 0.29) is 11.6 Å². The van der Waals surface area contributed by atoms with Crippen LogP contribution in [0.15, 0.2) is 61.2 Å². The van der Waals surface area contributed by atoms with Gasteiger partial charge in [0.15, 0.2) is 11.5 Å². The normalized spacial score (nSPS) is 12.3. The third-order valence-electron chi connectivity index (χ3n) is 5.05. The lowest BCUT2D eigenvalue weighted by molar-refractivity contribution is 0.536. The fourth-order valence-electron chi connectivity index (χ4n) is 3.65. The lowest BCUT2D eigenvalue weighted by atomic mass is 10.0. The maximum absolute atomic E-state index is 14.0. The second-order valence-corrected chi connectivity index (χ2v) is 8.02. The third-order valence-corrected chi connectivity index (χ3v) is 5.60. The molecule has 0 aliphatic rings. The molecule has 5 aromatic rings. The smallest absolute Gasteiger partial charge is 0.182 e. The highest BCUT2D eigenvalue weighted by atomic mass is 32.2. The standard InChI is InChI=1S/C22H17FN6O2S/c23-17-6-2-4-14(8-17)19-16(9-24-21-20-22(26-11-25-20)28-12-27-21)7-13-3-1-5-15(10-32(30)31)18(13)29-19/h1-8,11-12H,9-10H2,(H,30,31)(H2,24,25,26,27,28)/p-1. The number of imidazole rings is 1. The van der Waals surface area contributed by atoms with Gasteiger partial charge in [-0.1, -0.05) is 41.4 Å². The van der Waals surface area contributed by atoms with Crippen molar-refractivity contribution >= 4 is 39.0 Å². The number of rotatable bonds is 6. The van der Waals surface area contributed by atoms with Crippen LogP contribution in [0.5, 0.6) is 0 Å². The molecular weight excluding hydrogens is 431 g/mol. The molecule has 10 heteroatoms. The minimum Gasteiger partial charge on any atom is -0.772 e. The van der Waals surface area contributed by atoms with Gasteiger partial charge in [0.2, 0.25) is 0 Å². The number of nitrogens with one attached hydrogen (secondary N) is 2. The van der Waals surface area contributed by atoms with Crippen molar-refractivity contribution in [3.63, 3.8) is 0 Å². The molecular formula is C22H16FN6O2S-. The number of pyridine rings is 1. The predicted molar refractivity (Wildman–Crippen MR) is 119 cm³/mol. The van der Waals surface area contributed by atoms with Gasteiger partial charge in [-0.15, -0.1) is 0 Å². The van der Waals surface area contributed by atoms with Crippen LogP contribution in [-0.4, -0.2) is 33.7 Å². The van der Waals surface area contributed by atoms with Gasteiger partial charge in [-0.3, -0.25) is 4.21 Å². The maximum atomic E-state index is 14.0. The van der Waals surface area contributed by atoms with Gasteiger partial charge in [0.1, 0.15) is 17.7 Å². The molecule has 3 aromatic heterocycles. The Balaban J connectivity index is 1.62. The number of halogens is 1. The SMILES string of the molecule is O=S([O-])Cc1cccc2cc(CNc3ncnc4nc[nH]c34)c(-c3cccc(F)c3)nc12. The number of H-pyrrole nitrogens is 1. The number of fused-ring (bicyclic) bond motifs is 2. The van der Waals surface area contributed by atoms with Crippen LogP contribution in [0.1, 0.15) is 11.1 Å². The molecule has 0 radical (unpaired) electrons. The van der Waals surface area contributed by atoms with Crippen LogP contribution >= 0.6 is 0 Å². The molecule has 0 aliphatic heterocycles. The Labute approximate surface area is 184 Å². The lowest BCUT2D eigenvalue weighted by Crippen LogP contribution is -2.06. The summed E-state index contributed by atoms with van der Waals surface area (Å²) in [6, 6.07) is 13.5. The molecule has 0 aliphatic carbocycles. The molecule has 0 spiro atoms. The molecule has 2 N–H and O–H groups in total. The van der Waals surface area contributed by atoms with E-state index in [1.807, 2.05) is 12.1 Å². The van der Waals surface area contributed by atoms with Gasteiger partial charge in [-0.05, 0) is 29.3 Å². The van der Waals surface area contributed by atoms with Crippen molar-refractivity contribution in [2.45, 2.75) is 12.3 Å². The number of anilines is 1. The zero-order valence-electron chi connectivity index (χ0n) is 16.6. The van der Waals surface area contributed by atoms with Crippen LogP contribution in [0.4, 0.5) is 10.2 Å². The van der Waals surface area contributed by atoms with Crippen LogP contribution in [0.25, 0.3) is 33.3 Å². The summed E-state index contributed by atoms with van der Waals surface area (Å²) < 4.78 is 36.6. The highest BCUT2D eigenvalue weighted by molar-refractivity contribution is 7.78. The Morgan fingerprint density at radius 3 is 2.78 bits per heavy atom. The summed E-state index contributed by atoms with van der Waals surface area (Å²) in [6.45, 7) is 0.345. The van der Waals surface area contributed by atoms with Gasteiger partial charge >= 0.3 is 0 Å². The zero-order chi connectivity index (χ0) is 22.1. The molecule has 0 bridgehead atoms. The number of hydrogen-bond acceptors (Lipinski definition) is 7. The van der Waals surface area contributed by atoms with Gasteiger partial charge in [-0.25, -0.2) is 24.3 Å². The molecule has 8 nitrogen and oxygen atoms in total. The van der Waals surface area contributed by atoms with Gasteiger partial charge in [0.25, 0.3) is 0 Å².